The molecule has 0 atom stereocenters. The van der Waals surface area contributed by atoms with Crippen molar-refractivity contribution in [2.24, 2.45) is 7.05 Å². The third kappa shape index (κ3) is 1.18. The minimum Gasteiger partial charge on any atom is -0.316 e. The van der Waals surface area contributed by atoms with Gasteiger partial charge in [0.25, 0.3) is 0 Å². The van der Waals surface area contributed by atoms with E-state index in [1.807, 2.05) is 18.5 Å². The Morgan fingerprint density at radius 3 is 2.64 bits per heavy atom. The molecule has 0 unspecified atom stereocenters. The van der Waals surface area contributed by atoms with E-state index in [1.165, 1.54) is 0 Å². The van der Waals surface area contributed by atoms with Gasteiger partial charge in [0.1, 0.15) is 17.7 Å². The second kappa shape index (κ2) is 3.04. The van der Waals surface area contributed by atoms with Gasteiger partial charge in [-0.2, -0.15) is 0 Å². The number of fused-ring (bicyclic) bond motifs is 1. The molecule has 0 fully saturated rings. The molecule has 0 bridgehead atoms. The number of hydrogen-bond donors (Lipinski definition) is 0. The minimum absolute atomic E-state index is 0.384. The number of imidazole rings is 1. The van der Waals surface area contributed by atoms with E-state index in [0.29, 0.717) is 5.92 Å². The normalized spacial score (nSPS) is 11.5. The lowest BCUT2D eigenvalue weighted by Crippen LogP contribution is -1.97. The van der Waals surface area contributed by atoms with Crippen molar-refractivity contribution < 1.29 is 0 Å². The first-order chi connectivity index (χ1) is 6.61. The van der Waals surface area contributed by atoms with Crippen molar-refractivity contribution in [2.75, 3.05) is 0 Å². The number of hydrogen-bond acceptors (Lipinski definition) is 3. The van der Waals surface area contributed by atoms with Crippen LogP contribution >= 0.6 is 0 Å². The van der Waals surface area contributed by atoms with Crippen LogP contribution in [-0.2, 0) is 7.05 Å². The second-order valence-electron chi connectivity index (χ2n) is 3.80. The largest absolute Gasteiger partial charge is 0.316 e. The molecule has 74 valence electrons. The Morgan fingerprint density at radius 1 is 1.29 bits per heavy atom. The van der Waals surface area contributed by atoms with Gasteiger partial charge < -0.3 is 4.57 Å². The highest BCUT2D eigenvalue weighted by molar-refractivity contribution is 5.74. The third-order valence-corrected chi connectivity index (χ3v) is 2.45. The summed E-state index contributed by atoms with van der Waals surface area (Å²) in [6, 6.07) is 0. The summed E-state index contributed by atoms with van der Waals surface area (Å²) in [6.45, 7) is 6.21. The standard InChI is InChI=1S/C10H14N4/c1-6(2)8-9-10(12-5-11-8)14(4)7(3)13-9/h5-6H,1-4H3. The molecule has 0 N–H and O–H groups in total. The predicted molar refractivity (Wildman–Crippen MR) is 55.1 cm³/mol. The van der Waals surface area contributed by atoms with E-state index in [0.717, 1.165) is 22.7 Å². The maximum atomic E-state index is 4.47. The Kier molecular flexibility index (Phi) is 1.98. The molecule has 14 heavy (non-hydrogen) atoms. The van der Waals surface area contributed by atoms with Crippen LogP contribution in [0.3, 0.4) is 0 Å². The lowest BCUT2D eigenvalue weighted by atomic mass is 10.1. The monoisotopic (exact) mass is 190 g/mol. The van der Waals surface area contributed by atoms with Gasteiger partial charge in [0, 0.05) is 7.05 Å². The maximum Gasteiger partial charge on any atom is 0.163 e. The molecule has 0 radical (unpaired) electrons. The van der Waals surface area contributed by atoms with Gasteiger partial charge in [-0.15, -0.1) is 0 Å². The molecule has 2 rings (SSSR count). The molecule has 2 heterocycles. The Morgan fingerprint density at radius 2 is 2.00 bits per heavy atom. The minimum atomic E-state index is 0.384. The van der Waals surface area contributed by atoms with Crippen molar-refractivity contribution >= 4 is 11.2 Å². The van der Waals surface area contributed by atoms with Crippen LogP contribution in [0.1, 0.15) is 31.3 Å². The number of rotatable bonds is 1. The van der Waals surface area contributed by atoms with Gasteiger partial charge in [0.15, 0.2) is 5.65 Å². The van der Waals surface area contributed by atoms with Crippen molar-refractivity contribution in [3.05, 3.63) is 17.8 Å². The fraction of sp³-hybridized carbons (Fsp3) is 0.500. The number of nitrogens with zero attached hydrogens (tertiary/aromatic N) is 4. The summed E-state index contributed by atoms with van der Waals surface area (Å²) in [4.78, 5) is 13.0. The van der Waals surface area contributed by atoms with E-state index in [-0.39, 0.29) is 0 Å². The molecular weight excluding hydrogens is 176 g/mol. The fourth-order valence-corrected chi connectivity index (χ4v) is 1.55. The van der Waals surface area contributed by atoms with Crippen LogP contribution in [0.15, 0.2) is 6.33 Å². The topological polar surface area (TPSA) is 43.6 Å². The van der Waals surface area contributed by atoms with Crippen molar-refractivity contribution in [1.29, 1.82) is 0 Å². The van der Waals surface area contributed by atoms with Gasteiger partial charge in [0.2, 0.25) is 0 Å². The highest BCUT2D eigenvalue weighted by Crippen LogP contribution is 2.20. The summed E-state index contributed by atoms with van der Waals surface area (Å²) in [6.07, 6.45) is 1.61. The van der Waals surface area contributed by atoms with Crippen LogP contribution in [-0.4, -0.2) is 19.5 Å². The van der Waals surface area contributed by atoms with Crippen LogP contribution in [0.5, 0.6) is 0 Å². The molecular formula is C10H14N4. The molecule has 2 aromatic heterocycles. The van der Waals surface area contributed by atoms with Crippen LogP contribution in [0, 0.1) is 6.92 Å². The van der Waals surface area contributed by atoms with Crippen molar-refractivity contribution in [3.63, 3.8) is 0 Å². The maximum absolute atomic E-state index is 4.47. The van der Waals surface area contributed by atoms with Crippen molar-refractivity contribution in [2.45, 2.75) is 26.7 Å². The van der Waals surface area contributed by atoms with Gasteiger partial charge in [0.05, 0.1) is 5.69 Å². The summed E-state index contributed by atoms with van der Waals surface area (Å²) < 4.78 is 1.99. The predicted octanol–water partition coefficient (Wildman–Crippen LogP) is 1.80. The highest BCUT2D eigenvalue weighted by atomic mass is 15.1. The molecule has 0 spiro atoms. The summed E-state index contributed by atoms with van der Waals surface area (Å²) >= 11 is 0. The summed E-state index contributed by atoms with van der Waals surface area (Å²) in [7, 11) is 1.97. The molecule has 0 aromatic carbocycles. The highest BCUT2D eigenvalue weighted by Gasteiger charge is 2.12. The van der Waals surface area contributed by atoms with E-state index < -0.39 is 0 Å². The zero-order chi connectivity index (χ0) is 10.3. The van der Waals surface area contributed by atoms with Crippen molar-refractivity contribution in [3.8, 4) is 0 Å². The fourth-order valence-electron chi connectivity index (χ4n) is 1.55. The molecule has 0 aliphatic heterocycles. The van der Waals surface area contributed by atoms with Gasteiger partial charge in [-0.3, -0.25) is 0 Å². The average molecular weight is 190 g/mol. The molecule has 4 heteroatoms. The Labute approximate surface area is 83.0 Å². The van der Waals surface area contributed by atoms with Gasteiger partial charge in [-0.1, -0.05) is 13.8 Å². The van der Waals surface area contributed by atoms with Crippen LogP contribution in [0.25, 0.3) is 11.2 Å². The lowest BCUT2D eigenvalue weighted by Gasteiger charge is -2.03. The van der Waals surface area contributed by atoms with Gasteiger partial charge in [-0.05, 0) is 12.8 Å². The van der Waals surface area contributed by atoms with Crippen LogP contribution in [0.4, 0.5) is 0 Å². The molecule has 4 nitrogen and oxygen atoms in total. The first-order valence-electron chi connectivity index (χ1n) is 4.75. The molecule has 0 saturated heterocycles. The van der Waals surface area contributed by atoms with E-state index >= 15 is 0 Å². The second-order valence-corrected chi connectivity index (χ2v) is 3.80. The lowest BCUT2D eigenvalue weighted by molar-refractivity contribution is 0.823. The number of aromatic nitrogens is 4. The summed E-state index contributed by atoms with van der Waals surface area (Å²) in [5, 5.41) is 0. The van der Waals surface area contributed by atoms with E-state index in [1.54, 1.807) is 6.33 Å². The summed E-state index contributed by atoms with van der Waals surface area (Å²) in [5.74, 6) is 1.36. The molecule has 0 aliphatic carbocycles. The SMILES string of the molecule is Cc1nc2c(C(C)C)ncnc2n1C. The third-order valence-electron chi connectivity index (χ3n) is 2.45. The summed E-state index contributed by atoms with van der Waals surface area (Å²) in [5.41, 5.74) is 2.88. The van der Waals surface area contributed by atoms with E-state index in [4.69, 9.17) is 0 Å². The zero-order valence-corrected chi connectivity index (χ0v) is 8.94. The van der Waals surface area contributed by atoms with E-state index in [2.05, 4.69) is 28.8 Å². The number of aryl methyl sites for hydroxylation is 2. The van der Waals surface area contributed by atoms with E-state index in [9.17, 15) is 0 Å². The van der Waals surface area contributed by atoms with Crippen molar-refractivity contribution in [1.82, 2.24) is 19.5 Å². The molecule has 0 amide bonds. The first-order valence-corrected chi connectivity index (χ1v) is 4.75. The Bertz CT molecular complexity index is 470. The molecule has 0 aliphatic rings. The van der Waals surface area contributed by atoms with Crippen LogP contribution < -0.4 is 0 Å². The zero-order valence-electron chi connectivity index (χ0n) is 8.94. The van der Waals surface area contributed by atoms with Gasteiger partial charge in [-0.25, -0.2) is 15.0 Å². The first kappa shape index (κ1) is 9.12. The smallest absolute Gasteiger partial charge is 0.163 e. The molecule has 0 saturated carbocycles. The molecule has 2 aromatic rings. The average Bonchev–Trinajstić information content (AvgIpc) is 2.43. The Balaban J connectivity index is 2.81. The Hall–Kier alpha value is -1.45. The van der Waals surface area contributed by atoms with Crippen LogP contribution in [0.2, 0.25) is 0 Å². The quantitative estimate of drug-likeness (QED) is 0.688. The van der Waals surface area contributed by atoms with Gasteiger partial charge >= 0.3 is 0 Å².